The predicted octanol–water partition coefficient (Wildman–Crippen LogP) is 7.62. The van der Waals surface area contributed by atoms with Crippen molar-refractivity contribution in [2.45, 2.75) is 68.3 Å². The first kappa shape index (κ1) is 22.0. The van der Waals surface area contributed by atoms with Crippen molar-refractivity contribution in [3.63, 3.8) is 0 Å². The van der Waals surface area contributed by atoms with E-state index in [-0.39, 0.29) is 0 Å². The highest BCUT2D eigenvalue weighted by molar-refractivity contribution is 14.1. The third-order valence-corrected chi connectivity index (χ3v) is 5.26. The van der Waals surface area contributed by atoms with E-state index >= 15 is 0 Å². The van der Waals surface area contributed by atoms with Gasteiger partial charge in [0.2, 0.25) is 0 Å². The minimum absolute atomic E-state index is 0.357. The van der Waals surface area contributed by atoms with Crippen molar-refractivity contribution in [1.29, 1.82) is 0 Å². The lowest BCUT2D eigenvalue weighted by Crippen LogP contribution is -2.17. The number of halogens is 1. The summed E-state index contributed by atoms with van der Waals surface area (Å²) in [5, 5.41) is 0. The van der Waals surface area contributed by atoms with Crippen molar-refractivity contribution in [1.82, 2.24) is 0 Å². The number of rotatable bonds is 12. The second-order valence-corrected chi connectivity index (χ2v) is 7.79. The molecule has 0 saturated carbocycles. The van der Waals surface area contributed by atoms with E-state index in [0.717, 1.165) is 57.1 Å². The number of alkyl halides is 1. The quantitative estimate of drug-likeness (QED) is 0.168. The Kier molecular flexibility index (Phi) is 13.4. The lowest BCUT2D eigenvalue weighted by Gasteiger charge is -2.15. The first-order valence-corrected chi connectivity index (χ1v) is 10.7. The zero-order chi connectivity index (χ0) is 18.2. The zero-order valence-corrected chi connectivity index (χ0v) is 17.7. The molecule has 0 amide bonds. The van der Waals surface area contributed by atoms with Crippen LogP contribution in [0.2, 0.25) is 0 Å². The highest BCUT2D eigenvalue weighted by Crippen LogP contribution is 2.29. The van der Waals surface area contributed by atoms with Crippen LogP contribution in [0.15, 0.2) is 73.1 Å². The van der Waals surface area contributed by atoms with Crippen LogP contribution in [0, 0.1) is 0 Å². The summed E-state index contributed by atoms with van der Waals surface area (Å²) in [5.74, 6) is 0.954. The standard InChI is InChI=1S/C23H33IO/c1-3-4-5-6-7-8-9-10-11-12-13-14-15-16-17-18-22(24)23-20-19-21(2)25-23/h4-5,7-8,10-11,13-14,16-17,22-23H,2-3,6,9,12,15,18-20H2,1H3/b5-4-,8-7-,11-10-,14-13-,17-16-. The van der Waals surface area contributed by atoms with Crippen LogP contribution >= 0.6 is 22.6 Å². The van der Waals surface area contributed by atoms with Crippen LogP contribution in [0.25, 0.3) is 0 Å². The van der Waals surface area contributed by atoms with Crippen molar-refractivity contribution < 1.29 is 4.74 Å². The monoisotopic (exact) mass is 452 g/mol. The molecule has 25 heavy (non-hydrogen) atoms. The number of ether oxygens (including phenoxy) is 1. The largest absolute Gasteiger partial charge is 0.494 e. The molecule has 0 aliphatic carbocycles. The van der Waals surface area contributed by atoms with Gasteiger partial charge < -0.3 is 4.74 Å². The number of hydrogen-bond acceptors (Lipinski definition) is 1. The molecule has 1 nitrogen and oxygen atoms in total. The van der Waals surface area contributed by atoms with Crippen molar-refractivity contribution >= 4 is 22.6 Å². The first-order valence-electron chi connectivity index (χ1n) is 9.47. The zero-order valence-electron chi connectivity index (χ0n) is 15.6. The third-order valence-electron chi connectivity index (χ3n) is 3.95. The van der Waals surface area contributed by atoms with Gasteiger partial charge in [-0.2, -0.15) is 0 Å². The Hall–Kier alpha value is -1.03. The molecular weight excluding hydrogens is 419 g/mol. The molecule has 1 saturated heterocycles. The van der Waals surface area contributed by atoms with E-state index in [2.05, 4.69) is 96.9 Å². The van der Waals surface area contributed by atoms with Crippen molar-refractivity contribution in [3.8, 4) is 0 Å². The topological polar surface area (TPSA) is 9.23 Å². The Morgan fingerprint density at radius 1 is 0.920 bits per heavy atom. The Morgan fingerprint density at radius 2 is 1.40 bits per heavy atom. The summed E-state index contributed by atoms with van der Waals surface area (Å²) in [4.78, 5) is 0. The molecule has 1 aliphatic heterocycles. The predicted molar refractivity (Wildman–Crippen MR) is 120 cm³/mol. The summed E-state index contributed by atoms with van der Waals surface area (Å²) in [6.07, 6.45) is 31.2. The van der Waals surface area contributed by atoms with Gasteiger partial charge in [-0.05, 0) is 44.9 Å². The summed E-state index contributed by atoms with van der Waals surface area (Å²) < 4.78 is 6.28. The Labute approximate surface area is 168 Å². The van der Waals surface area contributed by atoms with Gasteiger partial charge in [-0.15, -0.1) is 0 Å². The van der Waals surface area contributed by atoms with Gasteiger partial charge in [0, 0.05) is 6.42 Å². The number of hydrogen-bond donors (Lipinski definition) is 0. The van der Waals surface area contributed by atoms with Crippen molar-refractivity contribution in [2.75, 3.05) is 0 Å². The highest BCUT2D eigenvalue weighted by Gasteiger charge is 2.25. The average molecular weight is 452 g/mol. The van der Waals surface area contributed by atoms with Crippen LogP contribution in [-0.2, 0) is 4.74 Å². The van der Waals surface area contributed by atoms with Gasteiger partial charge in [-0.25, -0.2) is 0 Å². The minimum atomic E-state index is 0.357. The maximum atomic E-state index is 5.73. The summed E-state index contributed by atoms with van der Waals surface area (Å²) in [6.45, 7) is 6.06. The normalized spacial score (nSPS) is 20.1. The molecule has 1 rings (SSSR count). The maximum absolute atomic E-state index is 5.73. The Bertz CT molecular complexity index is 496. The second-order valence-electron chi connectivity index (χ2n) is 6.19. The molecule has 2 heteroatoms. The van der Waals surface area contributed by atoms with E-state index in [1.54, 1.807) is 0 Å². The molecule has 1 heterocycles. The van der Waals surface area contributed by atoms with E-state index in [1.807, 2.05) is 0 Å². The fourth-order valence-electron chi connectivity index (χ4n) is 2.52. The lowest BCUT2D eigenvalue weighted by atomic mass is 10.1. The Morgan fingerprint density at radius 3 is 1.84 bits per heavy atom. The summed E-state index contributed by atoms with van der Waals surface area (Å²) in [6, 6.07) is 0. The van der Waals surface area contributed by atoms with Crippen LogP contribution in [0.3, 0.4) is 0 Å². The molecule has 0 bridgehead atoms. The Balaban J connectivity index is 2.01. The van der Waals surface area contributed by atoms with E-state index in [4.69, 9.17) is 4.74 Å². The molecule has 0 aromatic carbocycles. The molecule has 0 aromatic rings. The average Bonchev–Trinajstić information content (AvgIpc) is 3.04. The summed E-state index contributed by atoms with van der Waals surface area (Å²) in [7, 11) is 0. The van der Waals surface area contributed by atoms with Crippen molar-refractivity contribution in [2.24, 2.45) is 0 Å². The van der Waals surface area contributed by atoms with Crippen LogP contribution in [0.5, 0.6) is 0 Å². The highest BCUT2D eigenvalue weighted by atomic mass is 127. The molecule has 0 spiro atoms. The van der Waals surface area contributed by atoms with Gasteiger partial charge in [0.05, 0.1) is 9.68 Å². The number of allylic oxidation sites excluding steroid dienone is 11. The third kappa shape index (κ3) is 12.0. The smallest absolute Gasteiger partial charge is 0.111 e. The molecule has 1 fully saturated rings. The van der Waals surface area contributed by atoms with Gasteiger partial charge >= 0.3 is 0 Å². The molecule has 0 N–H and O–H groups in total. The SMILES string of the molecule is C=C1CCC(C(I)C/C=C\C/C=C\C/C=C\C/C=C\C/C=C\CC)O1. The summed E-state index contributed by atoms with van der Waals surface area (Å²) in [5.41, 5.74) is 0. The fraction of sp³-hybridized carbons (Fsp3) is 0.478. The van der Waals surface area contributed by atoms with Crippen LogP contribution < -0.4 is 0 Å². The molecule has 0 radical (unpaired) electrons. The maximum Gasteiger partial charge on any atom is 0.111 e. The minimum Gasteiger partial charge on any atom is -0.494 e. The second kappa shape index (κ2) is 15.2. The van der Waals surface area contributed by atoms with Gasteiger partial charge in [0.25, 0.3) is 0 Å². The van der Waals surface area contributed by atoms with Crippen LogP contribution in [0.4, 0.5) is 0 Å². The molecular formula is C23H33IO. The van der Waals surface area contributed by atoms with Gasteiger partial charge in [0.15, 0.2) is 0 Å². The molecule has 2 unspecified atom stereocenters. The molecule has 1 aliphatic rings. The molecule has 2 atom stereocenters. The van der Waals surface area contributed by atoms with Gasteiger partial charge in [0.1, 0.15) is 6.10 Å². The van der Waals surface area contributed by atoms with E-state index in [0.29, 0.717) is 10.0 Å². The van der Waals surface area contributed by atoms with E-state index < -0.39 is 0 Å². The molecule has 0 aromatic heterocycles. The van der Waals surface area contributed by atoms with Gasteiger partial charge in [-0.3, -0.25) is 0 Å². The van der Waals surface area contributed by atoms with Gasteiger partial charge in [-0.1, -0.05) is 96.9 Å². The van der Waals surface area contributed by atoms with E-state index in [1.165, 1.54) is 0 Å². The van der Waals surface area contributed by atoms with E-state index in [9.17, 15) is 0 Å². The first-order chi connectivity index (χ1) is 12.2. The summed E-state index contributed by atoms with van der Waals surface area (Å²) >= 11 is 2.50. The molecule has 138 valence electrons. The van der Waals surface area contributed by atoms with Crippen LogP contribution in [0.1, 0.15) is 58.3 Å². The van der Waals surface area contributed by atoms with Crippen molar-refractivity contribution in [3.05, 3.63) is 73.1 Å². The fourth-order valence-corrected chi connectivity index (χ4v) is 3.32. The van der Waals surface area contributed by atoms with Crippen LogP contribution in [-0.4, -0.2) is 10.0 Å². The lowest BCUT2D eigenvalue weighted by molar-refractivity contribution is 0.163.